The molecule has 2 heteroatoms. The van der Waals surface area contributed by atoms with Crippen LogP contribution in [0.3, 0.4) is 0 Å². The molecule has 0 bridgehead atoms. The van der Waals surface area contributed by atoms with Crippen LogP contribution in [0, 0.1) is 5.92 Å². The average Bonchev–Trinajstić information content (AvgIpc) is 2.57. The van der Waals surface area contributed by atoms with Crippen molar-refractivity contribution in [3.8, 4) is 0 Å². The van der Waals surface area contributed by atoms with E-state index in [2.05, 4.69) is 15.9 Å². The zero-order valence-electron chi connectivity index (χ0n) is 9.53. The van der Waals surface area contributed by atoms with E-state index < -0.39 is 0 Å². The van der Waals surface area contributed by atoms with Gasteiger partial charge in [-0.15, -0.1) is 0 Å². The van der Waals surface area contributed by atoms with E-state index in [9.17, 15) is 5.11 Å². The second-order valence-corrected chi connectivity index (χ2v) is 5.66. The van der Waals surface area contributed by atoms with Crippen LogP contribution in [0.1, 0.15) is 50.2 Å². The Balaban J connectivity index is 2.04. The van der Waals surface area contributed by atoms with Crippen molar-refractivity contribution in [2.75, 3.05) is 0 Å². The number of hydrogen-bond donors (Lipinski definition) is 1. The molecule has 1 N–H and O–H groups in total. The fourth-order valence-electron chi connectivity index (χ4n) is 2.56. The molecular formula is C14H19BrO. The van der Waals surface area contributed by atoms with Crippen LogP contribution in [0.5, 0.6) is 0 Å². The molecule has 0 aromatic heterocycles. The molecule has 1 aliphatic carbocycles. The summed E-state index contributed by atoms with van der Waals surface area (Å²) in [6.07, 6.45) is 7.31. The summed E-state index contributed by atoms with van der Waals surface area (Å²) in [5, 5.41) is 10.3. The second kappa shape index (κ2) is 5.83. The smallest absolute Gasteiger partial charge is 0.0818 e. The minimum atomic E-state index is -0.272. The van der Waals surface area contributed by atoms with Gasteiger partial charge in [-0.2, -0.15) is 0 Å². The van der Waals surface area contributed by atoms with Gasteiger partial charge in [0, 0.05) is 4.47 Å². The Labute approximate surface area is 106 Å². The van der Waals surface area contributed by atoms with Gasteiger partial charge in [0.15, 0.2) is 0 Å². The van der Waals surface area contributed by atoms with Crippen LogP contribution in [0.4, 0.5) is 0 Å². The largest absolute Gasteiger partial charge is 0.388 e. The molecule has 1 nitrogen and oxygen atoms in total. The maximum absolute atomic E-state index is 10.3. The van der Waals surface area contributed by atoms with Gasteiger partial charge in [0.05, 0.1) is 6.10 Å². The quantitative estimate of drug-likeness (QED) is 0.795. The number of aliphatic hydroxyl groups is 1. The van der Waals surface area contributed by atoms with Gasteiger partial charge in [-0.1, -0.05) is 53.7 Å². The molecule has 1 fully saturated rings. The van der Waals surface area contributed by atoms with E-state index in [1.807, 2.05) is 24.3 Å². The van der Waals surface area contributed by atoms with Crippen LogP contribution in [0.2, 0.25) is 0 Å². The average molecular weight is 283 g/mol. The molecule has 88 valence electrons. The first-order chi connectivity index (χ1) is 7.77. The summed E-state index contributed by atoms with van der Waals surface area (Å²) in [7, 11) is 0. The Morgan fingerprint density at radius 2 is 1.56 bits per heavy atom. The third-order valence-electron chi connectivity index (χ3n) is 3.56. The Morgan fingerprint density at radius 1 is 1.00 bits per heavy atom. The highest BCUT2D eigenvalue weighted by molar-refractivity contribution is 9.10. The summed E-state index contributed by atoms with van der Waals surface area (Å²) < 4.78 is 1.07. The molecule has 16 heavy (non-hydrogen) atoms. The zero-order valence-corrected chi connectivity index (χ0v) is 11.1. The topological polar surface area (TPSA) is 20.2 Å². The van der Waals surface area contributed by atoms with Gasteiger partial charge < -0.3 is 5.11 Å². The second-order valence-electron chi connectivity index (χ2n) is 4.75. The number of aliphatic hydroxyl groups excluding tert-OH is 1. The minimum Gasteiger partial charge on any atom is -0.388 e. The summed E-state index contributed by atoms with van der Waals surface area (Å²) in [5.41, 5.74) is 1.06. The highest BCUT2D eigenvalue weighted by Gasteiger charge is 2.21. The van der Waals surface area contributed by atoms with E-state index in [1.165, 1.54) is 38.5 Å². The third kappa shape index (κ3) is 3.08. The van der Waals surface area contributed by atoms with Crippen molar-refractivity contribution in [3.63, 3.8) is 0 Å². The molecule has 2 rings (SSSR count). The van der Waals surface area contributed by atoms with Crippen molar-refractivity contribution in [1.29, 1.82) is 0 Å². The van der Waals surface area contributed by atoms with Gasteiger partial charge in [0.25, 0.3) is 0 Å². The molecule has 0 amide bonds. The molecular weight excluding hydrogens is 264 g/mol. The maximum atomic E-state index is 10.3. The first kappa shape index (κ1) is 12.1. The van der Waals surface area contributed by atoms with Gasteiger partial charge in [0.1, 0.15) is 0 Å². The minimum absolute atomic E-state index is 0.272. The molecule has 1 atom stereocenters. The molecule has 0 radical (unpaired) electrons. The molecule has 0 aliphatic heterocycles. The van der Waals surface area contributed by atoms with Crippen molar-refractivity contribution in [2.24, 2.45) is 5.92 Å². The molecule has 0 spiro atoms. The summed E-state index contributed by atoms with van der Waals surface area (Å²) in [5.74, 6) is 0.462. The van der Waals surface area contributed by atoms with Crippen LogP contribution < -0.4 is 0 Å². The zero-order chi connectivity index (χ0) is 11.4. The Hall–Kier alpha value is -0.340. The van der Waals surface area contributed by atoms with Gasteiger partial charge in [0.2, 0.25) is 0 Å². The normalized spacial score (nSPS) is 20.4. The van der Waals surface area contributed by atoms with E-state index in [-0.39, 0.29) is 6.10 Å². The van der Waals surface area contributed by atoms with E-state index in [0.717, 1.165) is 10.0 Å². The van der Waals surface area contributed by atoms with E-state index in [1.54, 1.807) is 0 Å². The van der Waals surface area contributed by atoms with Crippen LogP contribution in [-0.2, 0) is 0 Å². The lowest BCUT2D eigenvalue weighted by Crippen LogP contribution is -2.11. The SMILES string of the molecule is O[C@@H](c1ccc(Br)cc1)C1CCCCCC1. The van der Waals surface area contributed by atoms with Crippen LogP contribution in [-0.4, -0.2) is 5.11 Å². The molecule has 1 aromatic rings. The summed E-state index contributed by atoms with van der Waals surface area (Å²) in [6.45, 7) is 0. The highest BCUT2D eigenvalue weighted by Crippen LogP contribution is 2.33. The van der Waals surface area contributed by atoms with Crippen LogP contribution in [0.15, 0.2) is 28.7 Å². The van der Waals surface area contributed by atoms with Crippen LogP contribution >= 0.6 is 15.9 Å². The number of benzene rings is 1. The summed E-state index contributed by atoms with van der Waals surface area (Å²) >= 11 is 3.42. The first-order valence-corrected chi connectivity index (χ1v) is 7.00. The fourth-order valence-corrected chi connectivity index (χ4v) is 2.82. The van der Waals surface area contributed by atoms with Gasteiger partial charge in [-0.25, -0.2) is 0 Å². The third-order valence-corrected chi connectivity index (χ3v) is 4.09. The molecule has 0 heterocycles. The van der Waals surface area contributed by atoms with Crippen molar-refractivity contribution < 1.29 is 5.11 Å². The summed E-state index contributed by atoms with van der Waals surface area (Å²) in [6, 6.07) is 8.07. The lowest BCUT2D eigenvalue weighted by Gasteiger charge is -2.21. The monoisotopic (exact) mass is 282 g/mol. The number of halogens is 1. The number of hydrogen-bond acceptors (Lipinski definition) is 1. The van der Waals surface area contributed by atoms with Gasteiger partial charge >= 0.3 is 0 Å². The van der Waals surface area contributed by atoms with Crippen molar-refractivity contribution in [1.82, 2.24) is 0 Å². The lowest BCUT2D eigenvalue weighted by molar-refractivity contribution is 0.0988. The van der Waals surface area contributed by atoms with Crippen molar-refractivity contribution in [2.45, 2.75) is 44.6 Å². The van der Waals surface area contributed by atoms with Gasteiger partial charge in [-0.3, -0.25) is 0 Å². The highest BCUT2D eigenvalue weighted by atomic mass is 79.9. The fraction of sp³-hybridized carbons (Fsp3) is 0.571. The molecule has 0 saturated heterocycles. The standard InChI is InChI=1S/C14H19BrO/c15-13-9-7-12(8-10-13)14(16)11-5-3-1-2-4-6-11/h7-11,14,16H,1-6H2/t14-/m1/s1. The predicted molar refractivity (Wildman–Crippen MR) is 70.3 cm³/mol. The van der Waals surface area contributed by atoms with E-state index in [0.29, 0.717) is 5.92 Å². The predicted octanol–water partition coefficient (Wildman–Crippen LogP) is 4.45. The van der Waals surface area contributed by atoms with E-state index >= 15 is 0 Å². The molecule has 1 aliphatic rings. The molecule has 0 unspecified atom stereocenters. The Bertz CT molecular complexity index is 312. The number of rotatable bonds is 2. The van der Waals surface area contributed by atoms with Crippen molar-refractivity contribution in [3.05, 3.63) is 34.3 Å². The van der Waals surface area contributed by atoms with Crippen LogP contribution in [0.25, 0.3) is 0 Å². The van der Waals surface area contributed by atoms with Crippen molar-refractivity contribution >= 4 is 15.9 Å². The van der Waals surface area contributed by atoms with Gasteiger partial charge in [-0.05, 0) is 36.5 Å². The first-order valence-electron chi connectivity index (χ1n) is 6.21. The molecule has 1 aromatic carbocycles. The Morgan fingerprint density at radius 3 is 2.12 bits per heavy atom. The van der Waals surface area contributed by atoms with E-state index in [4.69, 9.17) is 0 Å². The lowest BCUT2D eigenvalue weighted by atomic mass is 9.89. The Kier molecular flexibility index (Phi) is 4.42. The summed E-state index contributed by atoms with van der Waals surface area (Å²) in [4.78, 5) is 0. The molecule has 1 saturated carbocycles. The maximum Gasteiger partial charge on any atom is 0.0818 e.